The number of hydrogen-bond acceptors (Lipinski definition) is 2. The van der Waals surface area contributed by atoms with Crippen LogP contribution in [0.2, 0.25) is 0 Å². The quantitative estimate of drug-likeness (QED) is 0.667. The van der Waals surface area contributed by atoms with Crippen LogP contribution >= 0.6 is 12.2 Å². The van der Waals surface area contributed by atoms with E-state index in [9.17, 15) is 0 Å². The van der Waals surface area contributed by atoms with E-state index in [0.717, 1.165) is 11.3 Å². The molecule has 0 saturated heterocycles. The van der Waals surface area contributed by atoms with Crippen LogP contribution < -0.4 is 5.32 Å². The Kier molecular flexibility index (Phi) is 2.78. The lowest BCUT2D eigenvalue weighted by atomic mass is 10.2. The zero-order chi connectivity index (χ0) is 8.97. The van der Waals surface area contributed by atoms with Crippen molar-refractivity contribution < 1.29 is 0 Å². The van der Waals surface area contributed by atoms with Crippen molar-refractivity contribution >= 4 is 22.9 Å². The molecular weight excluding hydrogens is 168 g/mol. The Morgan fingerprint density at radius 1 is 1.50 bits per heavy atom. The molecule has 0 heterocycles. The zero-order valence-electron chi connectivity index (χ0n) is 6.66. The largest absolute Gasteiger partial charge is 0.338 e. The highest BCUT2D eigenvalue weighted by molar-refractivity contribution is 7.81. The summed E-state index contributed by atoms with van der Waals surface area (Å²) in [7, 11) is 0. The van der Waals surface area contributed by atoms with Crippen molar-refractivity contribution in [3.05, 3.63) is 29.8 Å². The second-order valence-electron chi connectivity index (χ2n) is 2.38. The van der Waals surface area contributed by atoms with Crippen LogP contribution in [-0.2, 0) is 0 Å². The molecule has 60 valence electrons. The van der Waals surface area contributed by atoms with Gasteiger partial charge < -0.3 is 5.32 Å². The average molecular weight is 176 g/mol. The van der Waals surface area contributed by atoms with Crippen molar-refractivity contribution in [2.24, 2.45) is 0 Å². The second-order valence-corrected chi connectivity index (χ2v) is 2.79. The second kappa shape index (κ2) is 3.84. The highest BCUT2D eigenvalue weighted by Crippen LogP contribution is 2.12. The zero-order valence-corrected chi connectivity index (χ0v) is 7.48. The van der Waals surface area contributed by atoms with Crippen LogP contribution in [-0.4, -0.2) is 4.99 Å². The summed E-state index contributed by atoms with van der Waals surface area (Å²) in [6, 6.07) is 9.55. The Morgan fingerprint density at radius 3 is 2.75 bits per heavy atom. The Labute approximate surface area is 76.8 Å². The number of benzene rings is 1. The van der Waals surface area contributed by atoms with E-state index in [2.05, 4.69) is 5.32 Å². The summed E-state index contributed by atoms with van der Waals surface area (Å²) < 4.78 is 0. The number of aryl methyl sites for hydroxylation is 1. The Morgan fingerprint density at radius 2 is 2.17 bits per heavy atom. The normalized spacial score (nSPS) is 8.67. The Balaban J connectivity index is 2.84. The van der Waals surface area contributed by atoms with Crippen LogP contribution in [0, 0.1) is 18.3 Å². The number of anilines is 1. The fraction of sp³-hybridized carbons (Fsp3) is 0.111. The molecule has 2 nitrogen and oxygen atoms in total. The maximum Gasteiger partial charge on any atom is 0.182 e. The first-order valence-electron chi connectivity index (χ1n) is 3.51. The van der Waals surface area contributed by atoms with E-state index in [1.807, 2.05) is 37.3 Å². The minimum Gasteiger partial charge on any atom is -0.338 e. The van der Waals surface area contributed by atoms with Crippen LogP contribution in [0.4, 0.5) is 5.69 Å². The third-order valence-corrected chi connectivity index (χ3v) is 1.69. The molecule has 1 rings (SSSR count). The van der Waals surface area contributed by atoms with Gasteiger partial charge in [-0.05, 0) is 30.8 Å². The lowest BCUT2D eigenvalue weighted by Crippen LogP contribution is -2.06. The van der Waals surface area contributed by atoms with Crippen molar-refractivity contribution in [2.45, 2.75) is 6.92 Å². The number of hydrogen-bond donors (Lipinski definition) is 1. The molecule has 0 saturated carbocycles. The summed E-state index contributed by atoms with van der Waals surface area (Å²) >= 11 is 4.72. The van der Waals surface area contributed by atoms with Crippen molar-refractivity contribution in [3.8, 4) is 6.07 Å². The van der Waals surface area contributed by atoms with E-state index in [0.29, 0.717) is 0 Å². The molecule has 0 fully saturated rings. The highest BCUT2D eigenvalue weighted by Gasteiger charge is 1.97. The maximum atomic E-state index is 8.43. The van der Waals surface area contributed by atoms with E-state index in [1.165, 1.54) is 0 Å². The summed E-state index contributed by atoms with van der Waals surface area (Å²) in [6.45, 7) is 1.96. The van der Waals surface area contributed by atoms with E-state index >= 15 is 0 Å². The van der Waals surface area contributed by atoms with Crippen LogP contribution in [0.25, 0.3) is 0 Å². The minimum absolute atomic E-state index is 0.198. The summed E-state index contributed by atoms with van der Waals surface area (Å²) in [4.78, 5) is 0.198. The number of rotatable bonds is 1. The molecule has 0 bridgehead atoms. The molecule has 1 aromatic carbocycles. The number of nitrogens with zero attached hydrogens (tertiary/aromatic N) is 1. The number of nitriles is 1. The SMILES string of the molecule is Cc1ccccc1NC(=S)C#N. The summed E-state index contributed by atoms with van der Waals surface area (Å²) in [5.74, 6) is 0. The number of thiocarbonyl (C=S) groups is 1. The van der Waals surface area contributed by atoms with Gasteiger partial charge in [-0.1, -0.05) is 18.2 Å². The van der Waals surface area contributed by atoms with Gasteiger partial charge in [-0.15, -0.1) is 0 Å². The molecule has 0 unspecified atom stereocenters. The van der Waals surface area contributed by atoms with E-state index in [1.54, 1.807) is 0 Å². The standard InChI is InChI=1S/C9H8N2S/c1-7-4-2-3-5-8(7)11-9(12)6-10/h2-5H,1H3,(H,11,12). The van der Waals surface area contributed by atoms with Gasteiger partial charge in [0.2, 0.25) is 0 Å². The molecule has 1 aromatic rings. The Bertz CT molecular complexity index is 339. The fourth-order valence-corrected chi connectivity index (χ4v) is 0.973. The topological polar surface area (TPSA) is 35.8 Å². The monoisotopic (exact) mass is 176 g/mol. The van der Waals surface area contributed by atoms with Gasteiger partial charge in [-0.3, -0.25) is 0 Å². The number of para-hydroxylation sites is 1. The van der Waals surface area contributed by atoms with Crippen molar-refractivity contribution in [3.63, 3.8) is 0 Å². The van der Waals surface area contributed by atoms with Crippen molar-refractivity contribution in [2.75, 3.05) is 5.32 Å². The van der Waals surface area contributed by atoms with Gasteiger partial charge in [0, 0.05) is 5.69 Å². The van der Waals surface area contributed by atoms with Gasteiger partial charge in [0.1, 0.15) is 6.07 Å². The van der Waals surface area contributed by atoms with Crippen LogP contribution in [0.15, 0.2) is 24.3 Å². The highest BCUT2D eigenvalue weighted by atomic mass is 32.1. The maximum absolute atomic E-state index is 8.43. The lowest BCUT2D eigenvalue weighted by Gasteiger charge is -2.04. The van der Waals surface area contributed by atoms with Crippen LogP contribution in [0.5, 0.6) is 0 Å². The summed E-state index contributed by atoms with van der Waals surface area (Å²) in [5, 5.41) is 11.3. The number of nitrogens with one attached hydrogen (secondary N) is 1. The lowest BCUT2D eigenvalue weighted by molar-refractivity contribution is 1.46. The molecule has 1 N–H and O–H groups in total. The molecule has 0 aliphatic heterocycles. The molecule has 0 amide bonds. The molecule has 0 radical (unpaired) electrons. The molecular formula is C9H8N2S. The van der Waals surface area contributed by atoms with E-state index in [-0.39, 0.29) is 4.99 Å². The first-order valence-corrected chi connectivity index (χ1v) is 3.91. The smallest absolute Gasteiger partial charge is 0.182 e. The van der Waals surface area contributed by atoms with Crippen molar-refractivity contribution in [1.29, 1.82) is 5.26 Å². The predicted molar refractivity (Wildman–Crippen MR) is 53.0 cm³/mol. The third kappa shape index (κ3) is 2.04. The first kappa shape index (κ1) is 8.69. The molecule has 0 spiro atoms. The van der Waals surface area contributed by atoms with Gasteiger partial charge in [-0.25, -0.2) is 0 Å². The Hall–Kier alpha value is -1.40. The molecule has 0 aliphatic carbocycles. The van der Waals surface area contributed by atoms with Gasteiger partial charge >= 0.3 is 0 Å². The molecule has 0 aliphatic rings. The molecule has 0 atom stereocenters. The summed E-state index contributed by atoms with van der Waals surface area (Å²) in [6.07, 6.45) is 0. The third-order valence-electron chi connectivity index (χ3n) is 1.49. The van der Waals surface area contributed by atoms with Crippen LogP contribution in [0.3, 0.4) is 0 Å². The minimum atomic E-state index is 0.198. The fourth-order valence-electron chi connectivity index (χ4n) is 0.863. The van der Waals surface area contributed by atoms with Gasteiger partial charge in [-0.2, -0.15) is 5.26 Å². The molecule has 12 heavy (non-hydrogen) atoms. The average Bonchev–Trinajstić information content (AvgIpc) is 2.09. The van der Waals surface area contributed by atoms with Crippen molar-refractivity contribution in [1.82, 2.24) is 0 Å². The van der Waals surface area contributed by atoms with E-state index in [4.69, 9.17) is 17.5 Å². The van der Waals surface area contributed by atoms with E-state index < -0.39 is 0 Å². The van der Waals surface area contributed by atoms with Gasteiger partial charge in [0.15, 0.2) is 4.99 Å². The summed E-state index contributed by atoms with van der Waals surface area (Å²) in [5.41, 5.74) is 1.97. The molecule has 0 aromatic heterocycles. The van der Waals surface area contributed by atoms with Gasteiger partial charge in [0.25, 0.3) is 0 Å². The van der Waals surface area contributed by atoms with Crippen LogP contribution in [0.1, 0.15) is 5.56 Å². The first-order chi connectivity index (χ1) is 5.74. The molecule has 3 heteroatoms. The van der Waals surface area contributed by atoms with Gasteiger partial charge in [0.05, 0.1) is 0 Å². The predicted octanol–water partition coefficient (Wildman–Crippen LogP) is 2.26.